The van der Waals surface area contributed by atoms with Gasteiger partial charge in [-0.15, -0.1) is 0 Å². The molecule has 0 fully saturated rings. The highest BCUT2D eigenvalue weighted by Gasteiger charge is 2.22. The summed E-state index contributed by atoms with van der Waals surface area (Å²) in [4.78, 5) is 2.06. The van der Waals surface area contributed by atoms with E-state index in [4.69, 9.17) is 0 Å². The van der Waals surface area contributed by atoms with Gasteiger partial charge < -0.3 is 15.3 Å². The molecule has 1 atom stereocenters. The minimum absolute atomic E-state index is 0.471. The van der Waals surface area contributed by atoms with E-state index in [1.54, 1.807) is 0 Å². The molecule has 2 N–H and O–H groups in total. The van der Waals surface area contributed by atoms with E-state index in [2.05, 4.69) is 22.3 Å². The van der Waals surface area contributed by atoms with Crippen LogP contribution >= 0.6 is 0 Å². The minimum Gasteiger partial charge on any atom is -0.384 e. The number of hydrogen-bond acceptors (Lipinski definition) is 3. The number of nitrogens with one attached hydrogen (secondary N) is 1. The summed E-state index contributed by atoms with van der Waals surface area (Å²) in [5, 5.41) is 13.8. The van der Waals surface area contributed by atoms with Crippen LogP contribution in [0.15, 0.2) is 54.6 Å². The van der Waals surface area contributed by atoms with Crippen LogP contribution in [0.1, 0.15) is 12.5 Å². The van der Waals surface area contributed by atoms with Crippen LogP contribution in [-0.2, 0) is 5.60 Å². The largest absolute Gasteiger partial charge is 0.384 e. The average molecular weight is 270 g/mol. The minimum atomic E-state index is -0.887. The van der Waals surface area contributed by atoms with Crippen LogP contribution in [-0.4, -0.2) is 25.7 Å². The lowest BCUT2D eigenvalue weighted by molar-refractivity contribution is 0.0715. The fourth-order valence-corrected chi connectivity index (χ4v) is 2.05. The zero-order valence-electron chi connectivity index (χ0n) is 12.3. The average Bonchev–Trinajstić information content (AvgIpc) is 2.46. The van der Waals surface area contributed by atoms with Gasteiger partial charge >= 0.3 is 0 Å². The van der Waals surface area contributed by atoms with Gasteiger partial charge in [-0.2, -0.15) is 0 Å². The first-order chi connectivity index (χ1) is 9.49. The van der Waals surface area contributed by atoms with Crippen molar-refractivity contribution in [2.75, 3.05) is 30.9 Å². The Kier molecular flexibility index (Phi) is 4.30. The molecule has 20 heavy (non-hydrogen) atoms. The number of anilines is 2. The van der Waals surface area contributed by atoms with E-state index >= 15 is 0 Å². The molecular weight excluding hydrogens is 248 g/mol. The Morgan fingerprint density at radius 1 is 1.00 bits per heavy atom. The van der Waals surface area contributed by atoms with Crippen molar-refractivity contribution in [1.29, 1.82) is 0 Å². The van der Waals surface area contributed by atoms with E-state index in [0.717, 1.165) is 16.9 Å². The van der Waals surface area contributed by atoms with Crippen molar-refractivity contribution in [3.8, 4) is 0 Å². The second kappa shape index (κ2) is 5.97. The fourth-order valence-electron chi connectivity index (χ4n) is 2.05. The topological polar surface area (TPSA) is 35.5 Å². The first kappa shape index (κ1) is 14.4. The molecule has 106 valence electrons. The highest BCUT2D eigenvalue weighted by molar-refractivity contribution is 5.54. The van der Waals surface area contributed by atoms with Gasteiger partial charge in [0.2, 0.25) is 0 Å². The van der Waals surface area contributed by atoms with E-state index in [-0.39, 0.29) is 0 Å². The van der Waals surface area contributed by atoms with Gasteiger partial charge in [0.05, 0.1) is 0 Å². The summed E-state index contributed by atoms with van der Waals surface area (Å²) in [5.74, 6) is 0. The molecule has 0 radical (unpaired) electrons. The second-order valence-electron chi connectivity index (χ2n) is 5.43. The summed E-state index contributed by atoms with van der Waals surface area (Å²) >= 11 is 0. The van der Waals surface area contributed by atoms with Crippen LogP contribution in [0.5, 0.6) is 0 Å². The normalized spacial score (nSPS) is 13.6. The Morgan fingerprint density at radius 2 is 1.60 bits per heavy atom. The SMILES string of the molecule is CN(C)c1ccc(NCC(C)(O)c2ccccc2)cc1. The lowest BCUT2D eigenvalue weighted by Gasteiger charge is -2.25. The van der Waals surface area contributed by atoms with Crippen molar-refractivity contribution in [3.05, 3.63) is 60.2 Å². The van der Waals surface area contributed by atoms with Gasteiger partial charge in [0.1, 0.15) is 5.60 Å². The van der Waals surface area contributed by atoms with E-state index in [9.17, 15) is 5.11 Å². The number of aliphatic hydroxyl groups is 1. The summed E-state index contributed by atoms with van der Waals surface area (Å²) in [6.07, 6.45) is 0. The molecule has 0 heterocycles. The van der Waals surface area contributed by atoms with Crippen LogP contribution in [0.25, 0.3) is 0 Å². The molecule has 0 bridgehead atoms. The monoisotopic (exact) mass is 270 g/mol. The Bertz CT molecular complexity index is 533. The molecule has 0 aliphatic carbocycles. The maximum absolute atomic E-state index is 10.5. The quantitative estimate of drug-likeness (QED) is 0.876. The number of rotatable bonds is 5. The van der Waals surface area contributed by atoms with Crippen LogP contribution in [0.3, 0.4) is 0 Å². The molecule has 2 aromatic rings. The smallest absolute Gasteiger partial charge is 0.104 e. The van der Waals surface area contributed by atoms with Gasteiger partial charge in [0.15, 0.2) is 0 Å². The molecule has 0 saturated heterocycles. The fraction of sp³-hybridized carbons (Fsp3) is 0.294. The molecule has 3 nitrogen and oxygen atoms in total. The summed E-state index contributed by atoms with van der Waals surface area (Å²) in [6, 6.07) is 17.9. The van der Waals surface area contributed by atoms with Crippen molar-refractivity contribution in [2.24, 2.45) is 0 Å². The van der Waals surface area contributed by atoms with Gasteiger partial charge in [-0.05, 0) is 36.8 Å². The number of nitrogens with zero attached hydrogens (tertiary/aromatic N) is 1. The molecule has 2 aromatic carbocycles. The molecular formula is C17H22N2O. The van der Waals surface area contributed by atoms with Gasteiger partial charge in [0, 0.05) is 32.0 Å². The van der Waals surface area contributed by atoms with E-state index in [0.29, 0.717) is 6.54 Å². The maximum atomic E-state index is 10.5. The Morgan fingerprint density at radius 3 is 2.15 bits per heavy atom. The van der Waals surface area contributed by atoms with Crippen molar-refractivity contribution in [2.45, 2.75) is 12.5 Å². The molecule has 1 unspecified atom stereocenters. The van der Waals surface area contributed by atoms with Crippen LogP contribution in [0.2, 0.25) is 0 Å². The van der Waals surface area contributed by atoms with Crippen LogP contribution in [0, 0.1) is 0 Å². The first-order valence-electron chi connectivity index (χ1n) is 6.78. The van der Waals surface area contributed by atoms with Gasteiger partial charge in [-0.25, -0.2) is 0 Å². The lowest BCUT2D eigenvalue weighted by atomic mass is 9.96. The molecule has 0 aliphatic heterocycles. The molecule has 0 aromatic heterocycles. The van der Waals surface area contributed by atoms with Crippen molar-refractivity contribution in [3.63, 3.8) is 0 Å². The summed E-state index contributed by atoms with van der Waals surface area (Å²) in [7, 11) is 4.03. The third-order valence-corrected chi connectivity index (χ3v) is 3.42. The summed E-state index contributed by atoms with van der Waals surface area (Å²) in [6.45, 7) is 2.29. The molecule has 3 heteroatoms. The maximum Gasteiger partial charge on any atom is 0.104 e. The molecule has 0 spiro atoms. The first-order valence-corrected chi connectivity index (χ1v) is 6.78. The van der Waals surface area contributed by atoms with Crippen molar-refractivity contribution >= 4 is 11.4 Å². The standard InChI is InChI=1S/C17H22N2O/c1-17(20,14-7-5-4-6-8-14)13-18-15-9-11-16(12-10-15)19(2)3/h4-12,18,20H,13H2,1-3H3. The van der Waals surface area contributed by atoms with Crippen LogP contribution in [0.4, 0.5) is 11.4 Å². The van der Waals surface area contributed by atoms with E-state index in [1.165, 1.54) is 0 Å². The Hall–Kier alpha value is -2.00. The molecule has 0 amide bonds. The number of benzene rings is 2. The van der Waals surface area contributed by atoms with Gasteiger partial charge in [0.25, 0.3) is 0 Å². The second-order valence-corrected chi connectivity index (χ2v) is 5.43. The van der Waals surface area contributed by atoms with Crippen molar-refractivity contribution in [1.82, 2.24) is 0 Å². The molecule has 2 rings (SSSR count). The molecule has 0 aliphatic rings. The molecule has 0 saturated carbocycles. The van der Waals surface area contributed by atoms with Gasteiger partial charge in [-0.1, -0.05) is 30.3 Å². The zero-order chi connectivity index (χ0) is 14.6. The predicted molar refractivity (Wildman–Crippen MR) is 85.3 cm³/mol. The summed E-state index contributed by atoms with van der Waals surface area (Å²) < 4.78 is 0. The predicted octanol–water partition coefficient (Wildman–Crippen LogP) is 3.07. The number of hydrogen-bond donors (Lipinski definition) is 2. The summed E-state index contributed by atoms with van der Waals surface area (Å²) in [5.41, 5.74) is 2.19. The zero-order valence-corrected chi connectivity index (χ0v) is 12.3. The lowest BCUT2D eigenvalue weighted by Crippen LogP contribution is -2.30. The van der Waals surface area contributed by atoms with E-state index < -0.39 is 5.60 Å². The Balaban J connectivity index is 2.01. The Labute approximate surface area is 120 Å². The highest BCUT2D eigenvalue weighted by Crippen LogP contribution is 2.22. The third-order valence-electron chi connectivity index (χ3n) is 3.42. The van der Waals surface area contributed by atoms with Crippen molar-refractivity contribution < 1.29 is 5.11 Å². The van der Waals surface area contributed by atoms with Crippen LogP contribution < -0.4 is 10.2 Å². The van der Waals surface area contributed by atoms with E-state index in [1.807, 2.05) is 63.5 Å². The highest BCUT2D eigenvalue weighted by atomic mass is 16.3. The van der Waals surface area contributed by atoms with Gasteiger partial charge in [-0.3, -0.25) is 0 Å². The third kappa shape index (κ3) is 3.52.